The summed E-state index contributed by atoms with van der Waals surface area (Å²) >= 11 is 0. The third-order valence-corrected chi connectivity index (χ3v) is 5.57. The van der Waals surface area contributed by atoms with Gasteiger partial charge in [0.2, 0.25) is 0 Å². The van der Waals surface area contributed by atoms with Gasteiger partial charge in [0.1, 0.15) is 6.10 Å². The van der Waals surface area contributed by atoms with Crippen molar-refractivity contribution >= 4 is 30.1 Å². The number of carboxylic acid groups (broad SMARTS) is 1. The highest BCUT2D eigenvalue weighted by molar-refractivity contribution is 5.88. The van der Waals surface area contributed by atoms with Crippen molar-refractivity contribution in [2.45, 2.75) is 36.8 Å². The molecule has 1 aliphatic rings. The number of phenols is 4. The molecule has 37 heavy (non-hydrogen) atoms. The van der Waals surface area contributed by atoms with Crippen molar-refractivity contribution in [1.82, 2.24) is 0 Å². The first kappa shape index (κ1) is 27.0. The fraction of sp³-hybridized carbons (Fsp3) is 0.240. The lowest BCUT2D eigenvalue weighted by Crippen LogP contribution is -2.58. The minimum absolute atomic E-state index is 0.311. The fourth-order valence-electron chi connectivity index (χ4n) is 3.66. The minimum atomic E-state index is -2.46. The van der Waals surface area contributed by atoms with Gasteiger partial charge in [-0.05, 0) is 47.5 Å². The van der Waals surface area contributed by atoms with E-state index in [0.717, 1.165) is 18.2 Å². The Morgan fingerprint density at radius 2 is 1.27 bits per heavy atom. The van der Waals surface area contributed by atoms with Crippen molar-refractivity contribution in [3.05, 3.63) is 59.7 Å². The van der Waals surface area contributed by atoms with E-state index in [2.05, 4.69) is 0 Å². The van der Waals surface area contributed by atoms with Gasteiger partial charge in [-0.25, -0.2) is 14.4 Å². The average Bonchev–Trinajstić information content (AvgIpc) is 2.82. The molecule has 1 saturated carbocycles. The Morgan fingerprint density at radius 3 is 1.73 bits per heavy atom. The summed E-state index contributed by atoms with van der Waals surface area (Å²) in [5, 5.41) is 68.0. The minimum Gasteiger partial charge on any atom is -0.504 e. The van der Waals surface area contributed by atoms with E-state index >= 15 is 0 Å². The number of carboxylic acids is 1. The number of hydrogen-bond donors (Lipinski definition) is 7. The highest BCUT2D eigenvalue weighted by Gasteiger charge is 2.52. The molecule has 1 fully saturated rings. The van der Waals surface area contributed by atoms with Crippen LogP contribution in [-0.2, 0) is 23.9 Å². The van der Waals surface area contributed by atoms with E-state index < -0.39 is 66.2 Å². The normalized spacial score (nSPS) is 23.7. The molecule has 4 unspecified atom stereocenters. The van der Waals surface area contributed by atoms with Crippen molar-refractivity contribution in [3.8, 4) is 23.0 Å². The third-order valence-electron chi connectivity index (χ3n) is 5.57. The molecule has 0 bridgehead atoms. The van der Waals surface area contributed by atoms with E-state index in [-0.39, 0.29) is 11.5 Å². The summed E-state index contributed by atoms with van der Waals surface area (Å²) in [4.78, 5) is 36.3. The lowest BCUT2D eigenvalue weighted by Gasteiger charge is -2.40. The number of carbonyl (C=O) groups excluding carboxylic acids is 2. The zero-order valence-electron chi connectivity index (χ0n) is 19.1. The number of aliphatic hydroxyl groups is 2. The van der Waals surface area contributed by atoms with Crippen LogP contribution in [0.15, 0.2) is 48.6 Å². The molecule has 4 atom stereocenters. The summed E-state index contributed by atoms with van der Waals surface area (Å²) in [6, 6.07) is 7.50. The molecular formula is C25H24O12. The zero-order chi connectivity index (χ0) is 27.3. The maximum atomic E-state index is 12.4. The lowest BCUT2D eigenvalue weighted by molar-refractivity contribution is -0.204. The molecule has 12 nitrogen and oxygen atoms in total. The second-order valence-electron chi connectivity index (χ2n) is 8.35. The van der Waals surface area contributed by atoms with Gasteiger partial charge < -0.3 is 45.2 Å². The largest absolute Gasteiger partial charge is 0.504 e. The third kappa shape index (κ3) is 6.78. The SMILES string of the molecule is O=C(/C=C\c1ccc(O)c(O)c1)OC1CC(O)(C(=O)O)CC(O)C1OC(=O)/C=C\c1ccc(O)c(O)c1. The maximum Gasteiger partial charge on any atom is 0.335 e. The number of carbonyl (C=O) groups is 3. The van der Waals surface area contributed by atoms with Crippen LogP contribution in [0.25, 0.3) is 12.2 Å². The number of rotatable bonds is 7. The van der Waals surface area contributed by atoms with E-state index in [1.165, 1.54) is 42.5 Å². The van der Waals surface area contributed by atoms with Crippen molar-refractivity contribution < 1.29 is 59.6 Å². The van der Waals surface area contributed by atoms with E-state index in [1.807, 2.05) is 0 Å². The Kier molecular flexibility index (Phi) is 8.05. The van der Waals surface area contributed by atoms with Gasteiger partial charge in [0, 0.05) is 25.0 Å². The summed E-state index contributed by atoms with van der Waals surface area (Å²) in [6.07, 6.45) is -1.86. The van der Waals surface area contributed by atoms with Crippen LogP contribution in [0.3, 0.4) is 0 Å². The lowest BCUT2D eigenvalue weighted by atomic mass is 9.79. The second kappa shape index (κ2) is 11.0. The molecule has 12 heteroatoms. The molecule has 2 aromatic rings. The van der Waals surface area contributed by atoms with Crippen LogP contribution in [0.2, 0.25) is 0 Å². The number of aromatic hydroxyl groups is 4. The average molecular weight is 516 g/mol. The summed E-state index contributed by atoms with van der Waals surface area (Å²) in [5.74, 6) is -5.29. The summed E-state index contributed by atoms with van der Waals surface area (Å²) in [5.41, 5.74) is -1.82. The highest BCUT2D eigenvalue weighted by atomic mass is 16.6. The Labute approximate surface area is 209 Å². The van der Waals surface area contributed by atoms with Crippen LogP contribution in [0.1, 0.15) is 24.0 Å². The van der Waals surface area contributed by atoms with Crippen LogP contribution in [0.5, 0.6) is 23.0 Å². The van der Waals surface area contributed by atoms with Gasteiger partial charge in [-0.2, -0.15) is 0 Å². The first-order valence-electron chi connectivity index (χ1n) is 10.8. The molecule has 2 aromatic carbocycles. The molecule has 0 aromatic heterocycles. The molecule has 0 saturated heterocycles. The second-order valence-corrected chi connectivity index (χ2v) is 8.35. The van der Waals surface area contributed by atoms with Gasteiger partial charge in [0.25, 0.3) is 0 Å². The Hall–Kier alpha value is -4.55. The quantitative estimate of drug-likeness (QED) is 0.156. The predicted octanol–water partition coefficient (Wildman–Crippen LogP) is 1.03. The monoisotopic (exact) mass is 516 g/mol. The van der Waals surface area contributed by atoms with Crippen molar-refractivity contribution in [3.63, 3.8) is 0 Å². The molecule has 7 N–H and O–H groups in total. The molecule has 196 valence electrons. The Morgan fingerprint density at radius 1 is 0.784 bits per heavy atom. The molecule has 3 rings (SSSR count). The summed E-state index contributed by atoms with van der Waals surface area (Å²) in [6.45, 7) is 0. The van der Waals surface area contributed by atoms with Crippen molar-refractivity contribution in [2.24, 2.45) is 0 Å². The standard InChI is InChI=1S/C25H24O12/c26-15-5-1-13(9-17(15)28)3-7-21(31)36-20-12-25(35,24(33)34)11-19(30)23(20)37-22(32)8-4-14-2-6-16(27)18(29)10-14/h1-10,19-20,23,26-30,35H,11-12H2,(H,33,34)/b7-3-,8-4-. The zero-order valence-corrected chi connectivity index (χ0v) is 19.1. The number of esters is 2. The molecule has 0 spiro atoms. The number of hydrogen-bond acceptors (Lipinski definition) is 11. The summed E-state index contributed by atoms with van der Waals surface area (Å²) < 4.78 is 10.4. The molecule has 0 aliphatic heterocycles. The summed E-state index contributed by atoms with van der Waals surface area (Å²) in [7, 11) is 0. The van der Waals surface area contributed by atoms with Crippen molar-refractivity contribution in [2.75, 3.05) is 0 Å². The number of benzene rings is 2. The van der Waals surface area contributed by atoms with Gasteiger partial charge in [-0.3, -0.25) is 0 Å². The molecule has 0 radical (unpaired) electrons. The smallest absolute Gasteiger partial charge is 0.335 e. The maximum absolute atomic E-state index is 12.4. The van der Waals surface area contributed by atoms with Crippen LogP contribution in [0, 0.1) is 0 Å². The number of phenolic OH excluding ortho intramolecular Hbond substituents is 4. The predicted molar refractivity (Wildman–Crippen MR) is 125 cm³/mol. The van der Waals surface area contributed by atoms with E-state index in [0.29, 0.717) is 11.1 Å². The molecule has 1 aliphatic carbocycles. The van der Waals surface area contributed by atoms with Gasteiger partial charge in [0.15, 0.2) is 34.7 Å². The van der Waals surface area contributed by atoms with Crippen LogP contribution in [0.4, 0.5) is 0 Å². The van der Waals surface area contributed by atoms with E-state index in [9.17, 15) is 50.1 Å². The van der Waals surface area contributed by atoms with Gasteiger partial charge in [-0.1, -0.05) is 12.1 Å². The Bertz CT molecular complexity index is 1250. The fourth-order valence-corrected chi connectivity index (χ4v) is 3.66. The van der Waals surface area contributed by atoms with E-state index in [1.54, 1.807) is 0 Å². The first-order valence-corrected chi connectivity index (χ1v) is 10.8. The first-order chi connectivity index (χ1) is 17.4. The molecule has 0 amide bonds. The number of aliphatic hydroxyl groups excluding tert-OH is 1. The van der Waals surface area contributed by atoms with Gasteiger partial charge in [0.05, 0.1) is 6.10 Å². The molecular weight excluding hydrogens is 492 g/mol. The topological polar surface area (TPSA) is 211 Å². The molecule has 0 heterocycles. The van der Waals surface area contributed by atoms with E-state index in [4.69, 9.17) is 9.47 Å². The van der Waals surface area contributed by atoms with Crippen LogP contribution >= 0.6 is 0 Å². The van der Waals surface area contributed by atoms with Gasteiger partial charge >= 0.3 is 17.9 Å². The van der Waals surface area contributed by atoms with Crippen molar-refractivity contribution in [1.29, 1.82) is 0 Å². The number of ether oxygens (including phenoxy) is 2. The van der Waals surface area contributed by atoms with Gasteiger partial charge in [-0.15, -0.1) is 0 Å². The van der Waals surface area contributed by atoms with Crippen LogP contribution in [-0.4, -0.2) is 77.6 Å². The Balaban J connectivity index is 1.75. The van der Waals surface area contributed by atoms with Crippen LogP contribution < -0.4 is 0 Å². The highest BCUT2D eigenvalue weighted by Crippen LogP contribution is 2.33. The number of aliphatic carboxylic acids is 1.